The van der Waals surface area contributed by atoms with Crippen LogP contribution in [0, 0.1) is 0 Å². The van der Waals surface area contributed by atoms with Gasteiger partial charge in [-0.3, -0.25) is 4.79 Å². The Hall–Kier alpha value is -1.30. The second-order valence-electron chi connectivity index (χ2n) is 4.11. The van der Waals surface area contributed by atoms with Crippen molar-refractivity contribution in [3.05, 3.63) is 0 Å². The molecule has 6 heteroatoms. The van der Waals surface area contributed by atoms with Crippen LogP contribution in [0.4, 0.5) is 4.79 Å². The van der Waals surface area contributed by atoms with E-state index in [4.69, 9.17) is 5.11 Å². The van der Waals surface area contributed by atoms with E-state index in [9.17, 15) is 9.59 Å². The van der Waals surface area contributed by atoms with Crippen LogP contribution in [0.1, 0.15) is 26.2 Å². The van der Waals surface area contributed by atoms with E-state index in [0.29, 0.717) is 19.5 Å². The fraction of sp³-hybridized carbons (Fsp3) is 0.818. The van der Waals surface area contributed by atoms with Gasteiger partial charge in [-0.1, -0.05) is 19.8 Å². The quantitative estimate of drug-likeness (QED) is 0.544. The zero-order valence-electron chi connectivity index (χ0n) is 10.8. The molecule has 0 heterocycles. The molecule has 1 unspecified atom stereocenters. The van der Waals surface area contributed by atoms with E-state index in [2.05, 4.69) is 10.6 Å². The van der Waals surface area contributed by atoms with Crippen molar-refractivity contribution in [1.82, 2.24) is 15.5 Å². The first-order valence-corrected chi connectivity index (χ1v) is 5.90. The molecule has 0 aliphatic rings. The molecule has 0 radical (unpaired) electrons. The maximum absolute atomic E-state index is 11.2. The number of aliphatic carboxylic acids is 1. The minimum atomic E-state index is -0.836. The topological polar surface area (TPSA) is 81.7 Å². The number of carbonyl (C=O) groups is 2. The Morgan fingerprint density at radius 3 is 2.41 bits per heavy atom. The summed E-state index contributed by atoms with van der Waals surface area (Å²) < 4.78 is 0. The molecule has 0 fully saturated rings. The number of carboxylic acids is 1. The van der Waals surface area contributed by atoms with Crippen molar-refractivity contribution in [3.8, 4) is 0 Å². The summed E-state index contributed by atoms with van der Waals surface area (Å²) in [5.41, 5.74) is 0. The molecule has 100 valence electrons. The van der Waals surface area contributed by atoms with E-state index in [0.717, 1.165) is 12.8 Å². The molecule has 1 atom stereocenters. The molecular formula is C11H23N3O3. The molecular weight excluding hydrogens is 222 g/mol. The number of nitrogens with one attached hydrogen (secondary N) is 2. The number of unbranched alkanes of at least 4 members (excludes halogenated alkanes) is 1. The molecule has 0 aromatic carbocycles. The Morgan fingerprint density at radius 1 is 1.29 bits per heavy atom. The molecule has 0 saturated heterocycles. The van der Waals surface area contributed by atoms with E-state index in [1.54, 1.807) is 14.1 Å². The molecule has 0 bridgehead atoms. The van der Waals surface area contributed by atoms with Crippen LogP contribution in [0.25, 0.3) is 0 Å². The Kier molecular flexibility index (Phi) is 8.13. The van der Waals surface area contributed by atoms with Gasteiger partial charge >= 0.3 is 12.0 Å². The van der Waals surface area contributed by atoms with Gasteiger partial charge in [-0.25, -0.2) is 4.79 Å². The van der Waals surface area contributed by atoms with E-state index < -0.39 is 12.0 Å². The smallest absolute Gasteiger partial charge is 0.320 e. The van der Waals surface area contributed by atoms with Crippen LogP contribution in [-0.4, -0.2) is 55.2 Å². The van der Waals surface area contributed by atoms with Crippen molar-refractivity contribution in [2.75, 3.05) is 27.2 Å². The van der Waals surface area contributed by atoms with Gasteiger partial charge in [-0.2, -0.15) is 0 Å². The van der Waals surface area contributed by atoms with Crippen LogP contribution < -0.4 is 10.6 Å². The van der Waals surface area contributed by atoms with Crippen molar-refractivity contribution in [3.63, 3.8) is 0 Å². The highest BCUT2D eigenvalue weighted by Gasteiger charge is 2.15. The molecule has 0 saturated carbocycles. The number of rotatable bonds is 8. The minimum Gasteiger partial charge on any atom is -0.480 e. The van der Waals surface area contributed by atoms with Crippen molar-refractivity contribution in [1.29, 1.82) is 0 Å². The van der Waals surface area contributed by atoms with Gasteiger partial charge in [0.25, 0.3) is 0 Å². The molecule has 2 amide bonds. The summed E-state index contributed by atoms with van der Waals surface area (Å²) in [7, 11) is 3.31. The van der Waals surface area contributed by atoms with Crippen LogP contribution in [-0.2, 0) is 4.79 Å². The van der Waals surface area contributed by atoms with Crippen molar-refractivity contribution in [2.45, 2.75) is 32.2 Å². The van der Waals surface area contributed by atoms with Gasteiger partial charge in [0.2, 0.25) is 0 Å². The van der Waals surface area contributed by atoms with Gasteiger partial charge in [-0.15, -0.1) is 0 Å². The average Bonchev–Trinajstić information content (AvgIpc) is 2.27. The number of nitrogens with zero attached hydrogens (tertiary/aromatic N) is 1. The fourth-order valence-corrected chi connectivity index (χ4v) is 1.30. The standard InChI is InChI=1S/C11H23N3O3/c1-4-5-6-9(10(15)16)12-7-8-13-11(17)14(2)3/h9,12H,4-8H2,1-3H3,(H,13,17)(H,15,16). The highest BCUT2D eigenvalue weighted by Crippen LogP contribution is 2.00. The molecule has 0 rings (SSSR count). The number of hydrogen-bond acceptors (Lipinski definition) is 3. The molecule has 0 aromatic rings. The van der Waals surface area contributed by atoms with E-state index in [1.165, 1.54) is 4.90 Å². The Balaban J connectivity index is 3.75. The van der Waals surface area contributed by atoms with Gasteiger partial charge < -0.3 is 20.6 Å². The lowest BCUT2D eigenvalue weighted by Gasteiger charge is -2.15. The molecule has 3 N–H and O–H groups in total. The summed E-state index contributed by atoms with van der Waals surface area (Å²) in [5.74, 6) is -0.836. The van der Waals surface area contributed by atoms with E-state index in [1.807, 2.05) is 6.92 Å². The predicted octanol–water partition coefficient (Wildman–Crippen LogP) is 0.491. The SMILES string of the molecule is CCCCC(NCCNC(=O)N(C)C)C(=O)O. The van der Waals surface area contributed by atoms with Gasteiger partial charge in [0, 0.05) is 27.2 Å². The van der Waals surface area contributed by atoms with Crippen LogP contribution in [0.2, 0.25) is 0 Å². The van der Waals surface area contributed by atoms with Crippen molar-refractivity contribution in [2.24, 2.45) is 0 Å². The summed E-state index contributed by atoms with van der Waals surface area (Å²) in [6.07, 6.45) is 2.48. The van der Waals surface area contributed by atoms with Gasteiger partial charge in [0.05, 0.1) is 0 Å². The van der Waals surface area contributed by atoms with Crippen LogP contribution in [0.5, 0.6) is 0 Å². The first-order valence-electron chi connectivity index (χ1n) is 5.90. The monoisotopic (exact) mass is 245 g/mol. The largest absolute Gasteiger partial charge is 0.480 e. The average molecular weight is 245 g/mol. The van der Waals surface area contributed by atoms with Gasteiger partial charge in [0.15, 0.2) is 0 Å². The molecule has 6 nitrogen and oxygen atoms in total. The third kappa shape index (κ3) is 7.57. The molecule has 0 aromatic heterocycles. The predicted molar refractivity (Wildman–Crippen MR) is 66.0 cm³/mol. The summed E-state index contributed by atoms with van der Waals surface area (Å²) in [6, 6.07) is -0.696. The normalized spacial score (nSPS) is 11.9. The van der Waals surface area contributed by atoms with Crippen LogP contribution in [0.15, 0.2) is 0 Å². The number of carbonyl (C=O) groups excluding carboxylic acids is 1. The maximum atomic E-state index is 11.2. The maximum Gasteiger partial charge on any atom is 0.320 e. The first-order chi connectivity index (χ1) is 7.99. The second kappa shape index (κ2) is 8.81. The summed E-state index contributed by atoms with van der Waals surface area (Å²) in [6.45, 7) is 2.91. The van der Waals surface area contributed by atoms with Gasteiger partial charge in [0.1, 0.15) is 6.04 Å². The first kappa shape index (κ1) is 15.7. The van der Waals surface area contributed by atoms with Crippen LogP contribution >= 0.6 is 0 Å². The number of hydrogen-bond donors (Lipinski definition) is 3. The number of amides is 2. The fourth-order valence-electron chi connectivity index (χ4n) is 1.30. The number of carboxylic acid groups (broad SMARTS) is 1. The summed E-state index contributed by atoms with van der Waals surface area (Å²) in [4.78, 5) is 23.5. The molecule has 0 spiro atoms. The molecule has 0 aliphatic heterocycles. The van der Waals surface area contributed by atoms with Gasteiger partial charge in [-0.05, 0) is 6.42 Å². The van der Waals surface area contributed by atoms with E-state index in [-0.39, 0.29) is 6.03 Å². The zero-order valence-corrected chi connectivity index (χ0v) is 10.8. The third-order valence-electron chi connectivity index (χ3n) is 2.34. The van der Waals surface area contributed by atoms with Crippen LogP contribution in [0.3, 0.4) is 0 Å². The Morgan fingerprint density at radius 2 is 1.94 bits per heavy atom. The highest BCUT2D eigenvalue weighted by molar-refractivity contribution is 5.74. The Labute approximate surface area is 102 Å². The van der Waals surface area contributed by atoms with E-state index >= 15 is 0 Å². The summed E-state index contributed by atoms with van der Waals surface area (Å²) >= 11 is 0. The highest BCUT2D eigenvalue weighted by atomic mass is 16.4. The zero-order chi connectivity index (χ0) is 13.3. The lowest BCUT2D eigenvalue weighted by molar-refractivity contribution is -0.139. The second-order valence-corrected chi connectivity index (χ2v) is 4.11. The summed E-state index contributed by atoms with van der Waals surface area (Å²) in [5, 5.41) is 14.5. The third-order valence-corrected chi connectivity index (χ3v) is 2.34. The Bertz CT molecular complexity index is 244. The molecule has 17 heavy (non-hydrogen) atoms. The lowest BCUT2D eigenvalue weighted by Crippen LogP contribution is -2.43. The number of urea groups is 1. The lowest BCUT2D eigenvalue weighted by atomic mass is 10.1. The van der Waals surface area contributed by atoms with Crippen molar-refractivity contribution < 1.29 is 14.7 Å². The van der Waals surface area contributed by atoms with Crippen molar-refractivity contribution >= 4 is 12.0 Å². The molecule has 0 aliphatic carbocycles. The minimum absolute atomic E-state index is 0.174.